The monoisotopic (exact) mass is 417 g/mol. The summed E-state index contributed by atoms with van der Waals surface area (Å²) in [5.41, 5.74) is 9.15. The molecule has 0 atom stereocenters. The van der Waals surface area contributed by atoms with Crippen LogP contribution in [-0.2, 0) is 4.79 Å². The number of hydrogen-bond acceptors (Lipinski definition) is 6. The Morgan fingerprint density at radius 1 is 1.17 bits per heavy atom. The Morgan fingerprint density at radius 2 is 1.86 bits per heavy atom. The van der Waals surface area contributed by atoms with Crippen LogP contribution in [0, 0.1) is 5.92 Å². The third-order valence-electron chi connectivity index (χ3n) is 4.89. The van der Waals surface area contributed by atoms with Gasteiger partial charge in [0, 0.05) is 16.7 Å². The number of carbonyl (C=O) groups is 1. The maximum absolute atomic E-state index is 11.1. The van der Waals surface area contributed by atoms with E-state index >= 15 is 0 Å². The van der Waals surface area contributed by atoms with E-state index in [4.69, 9.17) is 37.8 Å². The number of carboxylic acids is 1. The molecule has 0 spiro atoms. The first-order chi connectivity index (χ1) is 14.0. The lowest BCUT2D eigenvalue weighted by molar-refractivity contribution is -0.133. The van der Waals surface area contributed by atoms with Gasteiger partial charge in [-0.05, 0) is 48.6 Å². The summed E-state index contributed by atoms with van der Waals surface area (Å²) in [6.07, 6.45) is 4.78. The summed E-state index contributed by atoms with van der Waals surface area (Å²) in [6, 6.07) is 12.7. The van der Waals surface area contributed by atoms with E-state index < -0.39 is 11.7 Å². The number of benzene rings is 2. The molecule has 0 bridgehead atoms. The predicted molar refractivity (Wildman–Crippen MR) is 111 cm³/mol. The van der Waals surface area contributed by atoms with Crippen LogP contribution in [0.25, 0.3) is 11.1 Å². The van der Waals surface area contributed by atoms with Gasteiger partial charge in [0.15, 0.2) is 5.70 Å². The van der Waals surface area contributed by atoms with Crippen molar-refractivity contribution in [2.45, 2.75) is 25.7 Å². The molecular formula is C21H24ClN3O4. The van der Waals surface area contributed by atoms with Gasteiger partial charge in [-0.15, -0.1) is 0 Å². The van der Waals surface area contributed by atoms with Gasteiger partial charge < -0.3 is 25.7 Å². The van der Waals surface area contributed by atoms with Crippen molar-refractivity contribution in [2.75, 3.05) is 6.61 Å². The molecule has 0 saturated heterocycles. The molecule has 7 nitrogen and oxygen atoms in total. The lowest BCUT2D eigenvalue weighted by atomic mass is 10.0. The number of halogens is 1. The van der Waals surface area contributed by atoms with Gasteiger partial charge in [0.2, 0.25) is 5.88 Å². The third-order valence-corrected chi connectivity index (χ3v) is 5.14. The number of hydrogen-bond donors (Lipinski definition) is 4. The van der Waals surface area contributed by atoms with Crippen LogP contribution in [0.4, 0.5) is 0 Å². The van der Waals surface area contributed by atoms with Crippen molar-refractivity contribution in [2.24, 2.45) is 17.5 Å². The topological polar surface area (TPSA) is 120 Å². The maximum atomic E-state index is 11.1. The quantitative estimate of drug-likeness (QED) is 0.224. The highest BCUT2D eigenvalue weighted by molar-refractivity contribution is 6.30. The summed E-state index contributed by atoms with van der Waals surface area (Å²) >= 11 is 6.00. The molecule has 0 aliphatic heterocycles. The highest BCUT2D eigenvalue weighted by Gasteiger charge is 2.18. The zero-order valence-corrected chi connectivity index (χ0v) is 16.6. The van der Waals surface area contributed by atoms with Gasteiger partial charge in [-0.3, -0.25) is 5.84 Å². The van der Waals surface area contributed by atoms with Crippen LogP contribution in [0.3, 0.4) is 0 Å². The van der Waals surface area contributed by atoms with Gasteiger partial charge in [-0.25, -0.2) is 4.79 Å². The first-order valence-corrected chi connectivity index (χ1v) is 9.76. The molecule has 154 valence electrons. The molecule has 0 radical (unpaired) electrons. The molecule has 0 heterocycles. The smallest absolute Gasteiger partial charge is 0.358 e. The molecular weight excluding hydrogens is 394 g/mol. The van der Waals surface area contributed by atoms with E-state index in [1.807, 2.05) is 35.8 Å². The predicted octanol–water partition coefficient (Wildman–Crippen LogP) is 3.63. The van der Waals surface area contributed by atoms with E-state index in [2.05, 4.69) is 0 Å². The maximum Gasteiger partial charge on any atom is 0.358 e. The van der Waals surface area contributed by atoms with Crippen LogP contribution < -0.4 is 26.5 Å². The Hall–Kier alpha value is -2.90. The fourth-order valence-electron chi connectivity index (χ4n) is 3.35. The van der Waals surface area contributed by atoms with Crippen LogP contribution in [0.1, 0.15) is 25.7 Å². The van der Waals surface area contributed by atoms with Crippen molar-refractivity contribution in [1.29, 1.82) is 0 Å². The van der Waals surface area contributed by atoms with Crippen LogP contribution in [0.2, 0.25) is 5.02 Å². The molecule has 3 rings (SSSR count). The standard InChI is InChI=1S/C21H24ClN3O4/c22-15-7-5-14(6-8-15)17-10-9-16(29-20(23)19(25-24)21(26)27)11-18(17)28-12-13-3-1-2-4-13/h5-11,13,25H,1-4,12,23-24H2,(H,26,27)/b20-19+. The molecule has 1 aliphatic carbocycles. The Balaban J connectivity index is 1.90. The van der Waals surface area contributed by atoms with Crippen LogP contribution >= 0.6 is 11.6 Å². The molecule has 1 fully saturated rings. The number of hydrazine groups is 1. The molecule has 0 amide bonds. The Kier molecular flexibility index (Phi) is 6.85. The van der Waals surface area contributed by atoms with Gasteiger partial charge in [0.1, 0.15) is 11.5 Å². The molecule has 29 heavy (non-hydrogen) atoms. The lowest BCUT2D eigenvalue weighted by Gasteiger charge is -2.17. The molecule has 2 aromatic rings. The summed E-state index contributed by atoms with van der Waals surface area (Å²) < 4.78 is 11.6. The molecule has 0 unspecified atom stereocenters. The SMILES string of the molecule is NN/C(C(=O)O)=C(\N)Oc1ccc(-c2ccc(Cl)cc2)c(OCC2CCCC2)c1. The second kappa shape index (κ2) is 9.54. The van der Waals surface area contributed by atoms with Crippen LogP contribution in [-0.4, -0.2) is 17.7 Å². The summed E-state index contributed by atoms with van der Waals surface area (Å²) in [7, 11) is 0. The van der Waals surface area contributed by atoms with Crippen LogP contribution in [0.15, 0.2) is 54.0 Å². The number of carboxylic acid groups (broad SMARTS) is 1. The van der Waals surface area contributed by atoms with Gasteiger partial charge in [-0.2, -0.15) is 0 Å². The number of aliphatic carboxylic acids is 1. The third kappa shape index (κ3) is 5.34. The summed E-state index contributed by atoms with van der Waals surface area (Å²) in [4.78, 5) is 11.1. The highest BCUT2D eigenvalue weighted by atomic mass is 35.5. The van der Waals surface area contributed by atoms with E-state index in [1.54, 1.807) is 12.1 Å². The average Bonchev–Trinajstić information content (AvgIpc) is 3.21. The van der Waals surface area contributed by atoms with E-state index in [0.717, 1.165) is 24.0 Å². The minimum absolute atomic E-state index is 0.343. The van der Waals surface area contributed by atoms with E-state index in [1.165, 1.54) is 12.8 Å². The zero-order valence-electron chi connectivity index (χ0n) is 15.9. The summed E-state index contributed by atoms with van der Waals surface area (Å²) in [6.45, 7) is 0.611. The first kappa shape index (κ1) is 20.8. The number of nitrogens with two attached hydrogens (primary N) is 2. The van der Waals surface area contributed by atoms with Gasteiger partial charge in [-0.1, -0.05) is 36.6 Å². The second-order valence-corrected chi connectivity index (χ2v) is 7.35. The number of ether oxygens (including phenoxy) is 2. The van der Waals surface area contributed by atoms with Crippen molar-refractivity contribution < 1.29 is 19.4 Å². The highest BCUT2D eigenvalue weighted by Crippen LogP contribution is 2.36. The van der Waals surface area contributed by atoms with Crippen molar-refractivity contribution in [1.82, 2.24) is 5.43 Å². The van der Waals surface area contributed by atoms with Crippen molar-refractivity contribution in [3.63, 3.8) is 0 Å². The molecule has 1 aliphatic rings. The molecule has 6 N–H and O–H groups in total. The zero-order chi connectivity index (χ0) is 20.8. The van der Waals surface area contributed by atoms with Gasteiger partial charge in [0.05, 0.1) is 6.61 Å². The summed E-state index contributed by atoms with van der Waals surface area (Å²) in [5, 5.41) is 9.75. The van der Waals surface area contributed by atoms with Gasteiger partial charge in [0.25, 0.3) is 0 Å². The van der Waals surface area contributed by atoms with E-state index in [9.17, 15) is 4.79 Å². The van der Waals surface area contributed by atoms with Crippen molar-refractivity contribution in [3.05, 3.63) is 59.1 Å². The first-order valence-electron chi connectivity index (χ1n) is 9.38. The Labute approximate surface area is 174 Å². The van der Waals surface area contributed by atoms with Crippen molar-refractivity contribution >= 4 is 17.6 Å². The van der Waals surface area contributed by atoms with Gasteiger partial charge >= 0.3 is 5.97 Å². The molecule has 2 aromatic carbocycles. The van der Waals surface area contributed by atoms with Crippen molar-refractivity contribution in [3.8, 4) is 22.6 Å². The fourth-order valence-corrected chi connectivity index (χ4v) is 3.48. The average molecular weight is 418 g/mol. The Morgan fingerprint density at radius 3 is 2.48 bits per heavy atom. The van der Waals surface area contributed by atoms with E-state index in [0.29, 0.717) is 29.0 Å². The summed E-state index contributed by atoms with van der Waals surface area (Å²) in [5.74, 6) is 5.04. The number of rotatable bonds is 8. The molecule has 8 heteroatoms. The second-order valence-electron chi connectivity index (χ2n) is 6.92. The minimum atomic E-state index is -1.32. The molecule has 1 saturated carbocycles. The molecule has 0 aromatic heterocycles. The normalized spacial score (nSPS) is 15.0. The largest absolute Gasteiger partial charge is 0.493 e. The van der Waals surface area contributed by atoms with E-state index in [-0.39, 0.29) is 5.88 Å². The Bertz CT molecular complexity index is 893. The minimum Gasteiger partial charge on any atom is -0.493 e. The van der Waals surface area contributed by atoms with Crippen LogP contribution in [0.5, 0.6) is 11.5 Å². The fraction of sp³-hybridized carbons (Fsp3) is 0.286. The number of nitrogens with one attached hydrogen (secondary N) is 1. The lowest BCUT2D eigenvalue weighted by Crippen LogP contribution is -2.31.